The first-order valence-electron chi connectivity index (χ1n) is 13.5. The molecule has 0 radical (unpaired) electrons. The highest BCUT2D eigenvalue weighted by atomic mass is 32.3. The minimum Gasteiger partial charge on any atom is -0.726 e. The molecule has 1 aliphatic rings. The number of hydrogen-bond acceptors (Lipinski definition) is 5. The van der Waals surface area contributed by atoms with Crippen LogP contribution in [-0.4, -0.2) is 45.9 Å². The molecule has 1 atom stereocenters. The van der Waals surface area contributed by atoms with Crippen LogP contribution >= 0.6 is 0 Å². The monoisotopic (exact) mass is 478 g/mol. The van der Waals surface area contributed by atoms with E-state index in [0.717, 1.165) is 5.92 Å². The second-order valence-electron chi connectivity index (χ2n) is 9.73. The first-order chi connectivity index (χ1) is 15.3. The van der Waals surface area contributed by atoms with Crippen LogP contribution in [0.2, 0.25) is 0 Å². The summed E-state index contributed by atoms with van der Waals surface area (Å²) >= 11 is 0. The minimum atomic E-state index is -4.42. The summed E-state index contributed by atoms with van der Waals surface area (Å²) in [6.07, 6.45) is 23.5. The van der Waals surface area contributed by atoms with Crippen molar-refractivity contribution in [1.29, 1.82) is 0 Å². The van der Waals surface area contributed by atoms with E-state index in [0.29, 0.717) is 0 Å². The van der Waals surface area contributed by atoms with E-state index in [-0.39, 0.29) is 6.61 Å². The van der Waals surface area contributed by atoms with Gasteiger partial charge in [-0.15, -0.1) is 0 Å². The molecule has 1 aliphatic heterocycles. The molecule has 0 aliphatic carbocycles. The van der Waals surface area contributed by atoms with Crippen molar-refractivity contribution in [2.24, 2.45) is 5.92 Å². The van der Waals surface area contributed by atoms with Gasteiger partial charge in [-0.3, -0.25) is 9.50 Å². The first kappa shape index (κ1) is 31.8. The third kappa shape index (κ3) is 26.0. The average Bonchev–Trinajstić information content (AvgIpc) is 3.23. The lowest BCUT2D eigenvalue weighted by Gasteiger charge is -2.10. The largest absolute Gasteiger partial charge is 0.726 e. The van der Waals surface area contributed by atoms with Crippen LogP contribution in [-0.2, 0) is 14.6 Å². The second-order valence-corrected chi connectivity index (χ2v) is 10.8. The highest BCUT2D eigenvalue weighted by Crippen LogP contribution is 2.14. The lowest BCUT2D eigenvalue weighted by atomic mass is 10.0. The predicted octanol–water partition coefficient (Wildman–Crippen LogP) is 4.81. The van der Waals surface area contributed by atoms with Gasteiger partial charge in [0.15, 0.2) is 0 Å². The Morgan fingerprint density at radius 2 is 1.25 bits per heavy atom. The van der Waals surface area contributed by atoms with Crippen molar-refractivity contribution in [3.05, 3.63) is 0 Å². The normalized spacial score (nSPS) is 16.3. The van der Waals surface area contributed by atoms with Crippen LogP contribution in [0.1, 0.15) is 124 Å². The second kappa shape index (κ2) is 22.6. The number of hydrogen-bond donors (Lipinski definition) is 2. The van der Waals surface area contributed by atoms with Crippen LogP contribution < -0.4 is 10.2 Å². The zero-order valence-electron chi connectivity index (χ0n) is 21.5. The van der Waals surface area contributed by atoms with Gasteiger partial charge in [0.05, 0.1) is 19.7 Å². The third-order valence-electron chi connectivity index (χ3n) is 6.10. The van der Waals surface area contributed by atoms with Crippen LogP contribution in [0, 0.1) is 5.92 Å². The number of nitrogens with one attached hydrogen (secondary N) is 2. The van der Waals surface area contributed by atoms with Gasteiger partial charge < -0.3 is 9.45 Å². The quantitative estimate of drug-likeness (QED) is 0.149. The molecule has 1 fully saturated rings. The fourth-order valence-electron chi connectivity index (χ4n) is 4.20. The smallest absolute Gasteiger partial charge is 0.217 e. The standard InChI is InChI=1S/C23H48N2.C2H6O4S/c1-23(2)18-16-14-12-10-8-6-4-3-5-7-9-11-13-15-17-20-25-21-19-24-22-25;1-2-6-7(3,4)5/h23-24H,3-22H2,1-2H3;2H2,1H3,(H,3,4,5). The Morgan fingerprint density at radius 1 is 0.812 bits per heavy atom. The van der Waals surface area contributed by atoms with Crippen molar-refractivity contribution in [2.75, 3.05) is 32.9 Å². The van der Waals surface area contributed by atoms with Crippen molar-refractivity contribution in [2.45, 2.75) is 124 Å². The molecule has 1 unspecified atom stereocenters. The van der Waals surface area contributed by atoms with E-state index in [1.165, 1.54) is 136 Å². The summed E-state index contributed by atoms with van der Waals surface area (Å²) in [6, 6.07) is 0. The Labute approximate surface area is 200 Å². The molecule has 0 bridgehead atoms. The van der Waals surface area contributed by atoms with Crippen molar-refractivity contribution < 1.29 is 22.1 Å². The van der Waals surface area contributed by atoms with Crippen LogP contribution in [0.25, 0.3) is 0 Å². The molecule has 0 aromatic carbocycles. The molecular formula is C25H54N2O4S. The molecule has 0 amide bonds. The van der Waals surface area contributed by atoms with Crippen LogP contribution in [0.4, 0.5) is 0 Å². The van der Waals surface area contributed by atoms with Crippen LogP contribution in [0.15, 0.2) is 0 Å². The molecule has 1 heterocycles. The summed E-state index contributed by atoms with van der Waals surface area (Å²) in [7, 11) is -4.42. The van der Waals surface area contributed by atoms with Crippen molar-refractivity contribution >= 4 is 10.4 Å². The van der Waals surface area contributed by atoms with E-state index < -0.39 is 10.4 Å². The van der Waals surface area contributed by atoms with Gasteiger partial charge in [0.1, 0.15) is 6.67 Å². The van der Waals surface area contributed by atoms with Gasteiger partial charge in [0.2, 0.25) is 10.4 Å². The Hall–Kier alpha value is -0.210. The van der Waals surface area contributed by atoms with Gasteiger partial charge in [-0.05, 0) is 25.7 Å². The highest BCUT2D eigenvalue weighted by molar-refractivity contribution is 7.80. The van der Waals surface area contributed by atoms with Gasteiger partial charge in [0, 0.05) is 6.54 Å². The average molecular weight is 479 g/mol. The maximum atomic E-state index is 9.45. The maximum Gasteiger partial charge on any atom is 0.217 e. The maximum absolute atomic E-state index is 9.45. The van der Waals surface area contributed by atoms with Gasteiger partial charge in [0.25, 0.3) is 0 Å². The summed E-state index contributed by atoms with van der Waals surface area (Å²) in [4.78, 5) is 1.77. The zero-order valence-corrected chi connectivity index (χ0v) is 22.3. The lowest BCUT2D eigenvalue weighted by molar-refractivity contribution is -0.888. The molecule has 6 nitrogen and oxygen atoms in total. The number of unbranched alkanes of at least 4 members (excludes halogenated alkanes) is 14. The molecule has 32 heavy (non-hydrogen) atoms. The van der Waals surface area contributed by atoms with E-state index in [2.05, 4.69) is 23.3 Å². The zero-order chi connectivity index (χ0) is 23.9. The summed E-state index contributed by atoms with van der Waals surface area (Å²) in [5.74, 6) is 0.897. The topological polar surface area (TPSA) is 82.9 Å². The Bertz CT molecular complexity index is 480. The molecule has 1 rings (SSSR count). The van der Waals surface area contributed by atoms with Gasteiger partial charge in [-0.2, -0.15) is 0 Å². The van der Waals surface area contributed by atoms with Gasteiger partial charge in [-0.25, -0.2) is 8.42 Å². The van der Waals surface area contributed by atoms with E-state index in [9.17, 15) is 13.0 Å². The van der Waals surface area contributed by atoms with Crippen LogP contribution in [0.3, 0.4) is 0 Å². The third-order valence-corrected chi connectivity index (χ3v) is 6.63. The van der Waals surface area contributed by atoms with E-state index in [1.54, 1.807) is 4.90 Å². The predicted molar refractivity (Wildman–Crippen MR) is 134 cm³/mol. The van der Waals surface area contributed by atoms with E-state index >= 15 is 0 Å². The molecule has 0 aromatic heterocycles. The summed E-state index contributed by atoms with van der Waals surface area (Å²) in [5.41, 5.74) is 0. The van der Waals surface area contributed by atoms with Crippen molar-refractivity contribution in [1.82, 2.24) is 5.32 Å². The molecule has 0 spiro atoms. The Morgan fingerprint density at radius 3 is 1.56 bits per heavy atom. The first-order valence-corrected chi connectivity index (χ1v) is 14.8. The Balaban J connectivity index is 0.00000118. The summed E-state index contributed by atoms with van der Waals surface area (Å²) in [5, 5.41) is 3.44. The molecular weight excluding hydrogens is 424 g/mol. The Kier molecular flexibility index (Phi) is 22.4. The summed E-state index contributed by atoms with van der Waals surface area (Å²) < 4.78 is 32.0. The van der Waals surface area contributed by atoms with E-state index in [1.807, 2.05) is 0 Å². The van der Waals surface area contributed by atoms with E-state index in [4.69, 9.17) is 0 Å². The minimum absolute atomic E-state index is 0.0914. The SMILES string of the molecule is CC(C)CCCCCCCCCCCCCCCCC[NH+]1CCNC1.CCOS(=O)(=O)[O-]. The summed E-state index contributed by atoms with van der Waals surface area (Å²) in [6.45, 7) is 11.2. The molecule has 0 saturated carbocycles. The van der Waals surface area contributed by atoms with Gasteiger partial charge in [-0.1, -0.05) is 104 Å². The lowest BCUT2D eigenvalue weighted by Crippen LogP contribution is -3.10. The van der Waals surface area contributed by atoms with Gasteiger partial charge >= 0.3 is 0 Å². The molecule has 7 heteroatoms. The number of quaternary nitrogens is 1. The van der Waals surface area contributed by atoms with Crippen molar-refractivity contribution in [3.8, 4) is 0 Å². The van der Waals surface area contributed by atoms with Crippen LogP contribution in [0.5, 0.6) is 0 Å². The molecule has 0 aromatic rings. The number of rotatable bonds is 20. The molecule has 1 saturated heterocycles. The fourth-order valence-corrected chi connectivity index (χ4v) is 4.49. The fraction of sp³-hybridized carbons (Fsp3) is 1.00. The molecule has 194 valence electrons. The van der Waals surface area contributed by atoms with Crippen molar-refractivity contribution in [3.63, 3.8) is 0 Å². The molecule has 2 N–H and O–H groups in total. The highest BCUT2D eigenvalue weighted by Gasteiger charge is 2.12.